The number of carbonyl (C=O) groups excluding carboxylic acids is 3. The molecule has 8 nitrogen and oxygen atoms in total. The smallest absolute Gasteiger partial charge is 0.272 e. The minimum Gasteiger partial charge on any atom is -0.352 e. The molecule has 0 aromatic carbocycles. The molecule has 8 heteroatoms. The summed E-state index contributed by atoms with van der Waals surface area (Å²) in [7, 11) is 0. The Hall–Kier alpha value is -2.38. The fraction of sp³-hybridized carbons (Fsp3) is 0.684. The van der Waals surface area contributed by atoms with Crippen LogP contribution in [0.25, 0.3) is 0 Å². The van der Waals surface area contributed by atoms with Gasteiger partial charge in [-0.3, -0.25) is 19.1 Å². The molecule has 2 fully saturated rings. The second kappa shape index (κ2) is 7.70. The zero-order valence-electron chi connectivity index (χ0n) is 16.5. The summed E-state index contributed by atoms with van der Waals surface area (Å²) in [6.07, 6.45) is 2.92. The number of carbonyl (C=O) groups is 3. The van der Waals surface area contributed by atoms with Crippen molar-refractivity contribution in [3.05, 3.63) is 18.0 Å². The van der Waals surface area contributed by atoms with Crippen LogP contribution < -0.4 is 5.32 Å². The maximum atomic E-state index is 13.3. The number of rotatable bonds is 5. The zero-order chi connectivity index (χ0) is 19.7. The minimum absolute atomic E-state index is 0.0104. The minimum atomic E-state index is -0.468. The molecule has 0 aliphatic carbocycles. The lowest BCUT2D eigenvalue weighted by molar-refractivity contribution is -0.142. The fourth-order valence-corrected chi connectivity index (χ4v) is 4.24. The Kier molecular flexibility index (Phi) is 5.53. The highest BCUT2D eigenvalue weighted by molar-refractivity contribution is 5.97. The van der Waals surface area contributed by atoms with E-state index in [0.717, 1.165) is 0 Å². The standard InChI is InChI=1S/C19H29N5O3/c1-5-24-16(6-7-20-24)18(26)23-11-15-9-14(21-13(4)25)10-22(15)19(27)17(23)8-12(2)3/h6-7,12,14-15,17H,5,8-11H2,1-4H3,(H,21,25). The Morgan fingerprint density at radius 1 is 1.33 bits per heavy atom. The van der Waals surface area contributed by atoms with Gasteiger partial charge in [-0.15, -0.1) is 0 Å². The quantitative estimate of drug-likeness (QED) is 0.828. The summed E-state index contributed by atoms with van der Waals surface area (Å²) in [5.74, 6) is 0.0427. The summed E-state index contributed by atoms with van der Waals surface area (Å²) in [4.78, 5) is 41.4. The summed E-state index contributed by atoms with van der Waals surface area (Å²) in [6, 6.07) is 1.14. The molecule has 0 saturated carbocycles. The van der Waals surface area contributed by atoms with E-state index in [1.807, 2.05) is 11.8 Å². The molecule has 0 bridgehead atoms. The highest BCUT2D eigenvalue weighted by atomic mass is 16.2. The lowest BCUT2D eigenvalue weighted by Crippen LogP contribution is -2.61. The lowest BCUT2D eigenvalue weighted by Gasteiger charge is -2.43. The SMILES string of the molecule is CCn1nccc1C(=O)N1CC2CC(NC(C)=O)CN2C(=O)C1CC(C)C. The lowest BCUT2D eigenvalue weighted by atomic mass is 9.96. The van der Waals surface area contributed by atoms with Gasteiger partial charge in [0.2, 0.25) is 11.8 Å². The van der Waals surface area contributed by atoms with Gasteiger partial charge >= 0.3 is 0 Å². The van der Waals surface area contributed by atoms with Crippen molar-refractivity contribution < 1.29 is 14.4 Å². The van der Waals surface area contributed by atoms with Crippen LogP contribution in [0.3, 0.4) is 0 Å². The van der Waals surface area contributed by atoms with Gasteiger partial charge in [0.1, 0.15) is 11.7 Å². The van der Waals surface area contributed by atoms with Crippen LogP contribution in [0.5, 0.6) is 0 Å². The summed E-state index contributed by atoms with van der Waals surface area (Å²) in [6.45, 7) is 9.16. The van der Waals surface area contributed by atoms with Crippen molar-refractivity contribution in [2.24, 2.45) is 5.92 Å². The summed E-state index contributed by atoms with van der Waals surface area (Å²) in [5, 5.41) is 7.11. The molecular formula is C19H29N5O3. The monoisotopic (exact) mass is 375 g/mol. The van der Waals surface area contributed by atoms with Crippen LogP contribution in [-0.2, 0) is 16.1 Å². The largest absolute Gasteiger partial charge is 0.352 e. The van der Waals surface area contributed by atoms with E-state index in [-0.39, 0.29) is 35.7 Å². The maximum Gasteiger partial charge on any atom is 0.272 e. The molecule has 3 unspecified atom stereocenters. The van der Waals surface area contributed by atoms with E-state index < -0.39 is 6.04 Å². The van der Waals surface area contributed by atoms with Gasteiger partial charge in [-0.25, -0.2) is 0 Å². The highest BCUT2D eigenvalue weighted by Crippen LogP contribution is 2.30. The first-order valence-corrected chi connectivity index (χ1v) is 9.72. The van der Waals surface area contributed by atoms with Crippen LogP contribution in [0.15, 0.2) is 12.3 Å². The van der Waals surface area contributed by atoms with Crippen molar-refractivity contribution in [1.29, 1.82) is 0 Å². The van der Waals surface area contributed by atoms with Crippen LogP contribution in [-0.4, -0.2) is 68.5 Å². The number of piperazine rings is 1. The van der Waals surface area contributed by atoms with Crippen molar-refractivity contribution in [2.75, 3.05) is 13.1 Å². The van der Waals surface area contributed by atoms with Crippen LogP contribution in [0.1, 0.15) is 51.0 Å². The number of hydrogen-bond donors (Lipinski definition) is 1. The van der Waals surface area contributed by atoms with Gasteiger partial charge in [0.25, 0.3) is 5.91 Å². The zero-order valence-corrected chi connectivity index (χ0v) is 16.5. The first-order valence-electron chi connectivity index (χ1n) is 9.72. The molecular weight excluding hydrogens is 346 g/mol. The van der Waals surface area contributed by atoms with E-state index in [1.54, 1.807) is 21.8 Å². The molecule has 1 aromatic rings. The van der Waals surface area contributed by atoms with E-state index >= 15 is 0 Å². The predicted molar refractivity (Wildman–Crippen MR) is 99.9 cm³/mol. The molecule has 1 aromatic heterocycles. The van der Waals surface area contributed by atoms with Crippen molar-refractivity contribution >= 4 is 17.7 Å². The molecule has 3 heterocycles. The number of fused-ring (bicyclic) bond motifs is 1. The maximum absolute atomic E-state index is 13.3. The van der Waals surface area contributed by atoms with Crippen LogP contribution in [0, 0.1) is 5.92 Å². The number of nitrogens with one attached hydrogen (secondary N) is 1. The van der Waals surface area contributed by atoms with Crippen molar-refractivity contribution in [1.82, 2.24) is 24.9 Å². The van der Waals surface area contributed by atoms with Crippen molar-refractivity contribution in [2.45, 2.75) is 65.2 Å². The first kappa shape index (κ1) is 19.4. The van der Waals surface area contributed by atoms with E-state index in [4.69, 9.17) is 0 Å². The summed E-state index contributed by atoms with van der Waals surface area (Å²) >= 11 is 0. The van der Waals surface area contributed by atoms with Gasteiger partial charge in [0.05, 0.1) is 6.04 Å². The first-order chi connectivity index (χ1) is 12.8. The Bertz CT molecular complexity index is 729. The molecule has 3 rings (SSSR count). The average molecular weight is 375 g/mol. The molecule has 2 aliphatic heterocycles. The molecule has 0 spiro atoms. The van der Waals surface area contributed by atoms with Gasteiger partial charge in [-0.2, -0.15) is 5.10 Å². The summed E-state index contributed by atoms with van der Waals surface area (Å²) < 4.78 is 1.67. The molecule has 27 heavy (non-hydrogen) atoms. The van der Waals surface area contributed by atoms with Gasteiger partial charge < -0.3 is 15.1 Å². The molecule has 148 valence electrons. The number of nitrogens with zero attached hydrogens (tertiary/aromatic N) is 4. The molecule has 2 saturated heterocycles. The number of amides is 3. The average Bonchev–Trinajstić information content (AvgIpc) is 3.22. The third-order valence-corrected chi connectivity index (χ3v) is 5.36. The number of aryl methyl sites for hydroxylation is 1. The molecule has 1 N–H and O–H groups in total. The van der Waals surface area contributed by atoms with Crippen LogP contribution >= 0.6 is 0 Å². The Labute approximate surface area is 159 Å². The predicted octanol–water partition coefficient (Wildman–Crippen LogP) is 0.879. The van der Waals surface area contributed by atoms with E-state index in [2.05, 4.69) is 24.3 Å². The molecule has 0 radical (unpaired) electrons. The van der Waals surface area contributed by atoms with Gasteiger partial charge in [-0.1, -0.05) is 13.8 Å². The van der Waals surface area contributed by atoms with Crippen molar-refractivity contribution in [3.8, 4) is 0 Å². The topological polar surface area (TPSA) is 87.5 Å². The molecule has 3 amide bonds. The Balaban J connectivity index is 1.86. The molecule has 3 atom stereocenters. The van der Waals surface area contributed by atoms with Gasteiger partial charge in [0.15, 0.2) is 0 Å². The summed E-state index contributed by atoms with van der Waals surface area (Å²) in [5.41, 5.74) is 0.518. The van der Waals surface area contributed by atoms with Crippen LogP contribution in [0.2, 0.25) is 0 Å². The van der Waals surface area contributed by atoms with E-state index in [0.29, 0.717) is 38.2 Å². The van der Waals surface area contributed by atoms with Gasteiger partial charge in [-0.05, 0) is 31.7 Å². The number of hydrogen-bond acceptors (Lipinski definition) is 4. The fourth-order valence-electron chi connectivity index (χ4n) is 4.24. The van der Waals surface area contributed by atoms with Crippen LogP contribution in [0.4, 0.5) is 0 Å². The van der Waals surface area contributed by atoms with E-state index in [1.165, 1.54) is 6.92 Å². The van der Waals surface area contributed by atoms with Gasteiger partial charge in [0, 0.05) is 38.8 Å². The third kappa shape index (κ3) is 3.84. The second-order valence-electron chi connectivity index (χ2n) is 7.91. The van der Waals surface area contributed by atoms with Crippen molar-refractivity contribution in [3.63, 3.8) is 0 Å². The Morgan fingerprint density at radius 2 is 2.07 bits per heavy atom. The number of aromatic nitrogens is 2. The molecule has 2 aliphatic rings. The second-order valence-corrected chi connectivity index (χ2v) is 7.91. The Morgan fingerprint density at radius 3 is 2.70 bits per heavy atom. The normalized spacial score (nSPS) is 25.1. The van der Waals surface area contributed by atoms with E-state index in [9.17, 15) is 14.4 Å². The third-order valence-electron chi connectivity index (χ3n) is 5.36. The highest BCUT2D eigenvalue weighted by Gasteiger charge is 2.47.